The van der Waals surface area contributed by atoms with Crippen molar-refractivity contribution in [3.8, 4) is 0 Å². The predicted molar refractivity (Wildman–Crippen MR) is 79.1 cm³/mol. The Labute approximate surface area is 124 Å². The maximum atomic E-state index is 11.6. The van der Waals surface area contributed by atoms with Crippen LogP contribution in [0.4, 0.5) is 5.69 Å². The molecule has 1 aromatic rings. The van der Waals surface area contributed by atoms with Crippen molar-refractivity contribution in [1.29, 1.82) is 0 Å². The molecule has 1 aliphatic heterocycles. The summed E-state index contributed by atoms with van der Waals surface area (Å²) in [5.74, 6) is -1.23. The summed E-state index contributed by atoms with van der Waals surface area (Å²) in [6.07, 6.45) is 4.10. The smallest absolute Gasteiger partial charge is 0.276 e. The molecule has 0 radical (unpaired) electrons. The third-order valence-corrected chi connectivity index (χ3v) is 2.82. The summed E-state index contributed by atoms with van der Waals surface area (Å²) in [4.78, 5) is 33.5. The zero-order valence-corrected chi connectivity index (χ0v) is 11.3. The number of carbonyl (C=O) groups is 2. The van der Waals surface area contributed by atoms with Crippen molar-refractivity contribution in [2.75, 3.05) is 0 Å². The average Bonchev–Trinajstić information content (AvgIpc) is 2.42. The van der Waals surface area contributed by atoms with Crippen LogP contribution in [0.25, 0.3) is 6.08 Å². The summed E-state index contributed by atoms with van der Waals surface area (Å²) in [5.41, 5.74) is 0.177. The molecule has 0 aromatic heterocycles. The van der Waals surface area contributed by atoms with E-state index in [4.69, 9.17) is 0 Å². The average molecular weight is 303 g/mol. The maximum absolute atomic E-state index is 11.6. The van der Waals surface area contributed by atoms with Crippen molar-refractivity contribution in [2.45, 2.75) is 0 Å². The lowest BCUT2D eigenvalue weighted by molar-refractivity contribution is -0.385. The van der Waals surface area contributed by atoms with Gasteiger partial charge in [-0.05, 0) is 30.4 Å². The van der Waals surface area contributed by atoms with Gasteiger partial charge in [-0.15, -0.1) is 0 Å². The first-order valence-electron chi connectivity index (χ1n) is 5.77. The Bertz CT molecular complexity index is 687. The van der Waals surface area contributed by atoms with Gasteiger partial charge in [-0.2, -0.15) is 0 Å². The quantitative estimate of drug-likeness (QED) is 0.286. The largest absolute Gasteiger partial charge is 0.299 e. The Morgan fingerprint density at radius 2 is 1.76 bits per heavy atom. The van der Waals surface area contributed by atoms with Gasteiger partial charge in [-0.3, -0.25) is 30.3 Å². The Hall–Kier alpha value is -2.87. The highest BCUT2D eigenvalue weighted by molar-refractivity contribution is 7.80. The first-order valence-corrected chi connectivity index (χ1v) is 6.18. The van der Waals surface area contributed by atoms with Crippen LogP contribution in [0, 0.1) is 10.1 Å². The zero-order chi connectivity index (χ0) is 15.4. The number of nitro benzene ring substituents is 1. The van der Waals surface area contributed by atoms with Gasteiger partial charge in [0.05, 0.1) is 10.5 Å². The number of nitrogens with one attached hydrogen (secondary N) is 2. The van der Waals surface area contributed by atoms with Crippen molar-refractivity contribution in [3.63, 3.8) is 0 Å². The number of amides is 2. The molecule has 1 fully saturated rings. The number of allylic oxidation sites excluding steroid dienone is 2. The summed E-state index contributed by atoms with van der Waals surface area (Å²) < 4.78 is 0. The van der Waals surface area contributed by atoms with E-state index < -0.39 is 16.7 Å². The first kappa shape index (κ1) is 14.5. The lowest BCUT2D eigenvalue weighted by Crippen LogP contribution is -2.51. The molecule has 0 bridgehead atoms. The number of rotatable bonds is 3. The van der Waals surface area contributed by atoms with Gasteiger partial charge < -0.3 is 0 Å². The van der Waals surface area contributed by atoms with Gasteiger partial charge in [0.2, 0.25) is 0 Å². The number of nitrogens with zero attached hydrogens (tertiary/aromatic N) is 1. The third kappa shape index (κ3) is 3.37. The molecular formula is C13H9N3O4S. The molecule has 1 heterocycles. The Morgan fingerprint density at radius 3 is 2.38 bits per heavy atom. The van der Waals surface area contributed by atoms with E-state index in [0.717, 1.165) is 0 Å². The Balaban J connectivity index is 2.24. The van der Waals surface area contributed by atoms with E-state index in [9.17, 15) is 19.7 Å². The lowest BCUT2D eigenvalue weighted by atomic mass is 10.1. The molecule has 1 aliphatic rings. The molecule has 1 saturated heterocycles. The molecule has 106 valence electrons. The number of benzene rings is 1. The van der Waals surface area contributed by atoms with Crippen LogP contribution in [0.15, 0.2) is 42.0 Å². The molecule has 1 aromatic carbocycles. The minimum atomic E-state index is -0.615. The fraction of sp³-hybridized carbons (Fsp3) is 0. The van der Waals surface area contributed by atoms with E-state index in [0.29, 0.717) is 5.56 Å². The molecular weight excluding hydrogens is 294 g/mol. The van der Waals surface area contributed by atoms with Gasteiger partial charge in [-0.1, -0.05) is 18.2 Å². The molecule has 0 unspecified atom stereocenters. The fourth-order valence-electron chi connectivity index (χ4n) is 1.67. The zero-order valence-electron chi connectivity index (χ0n) is 10.5. The van der Waals surface area contributed by atoms with E-state index in [1.165, 1.54) is 24.3 Å². The number of thiocarbonyl (C=S) groups is 1. The second-order valence-electron chi connectivity index (χ2n) is 3.99. The van der Waals surface area contributed by atoms with Crippen molar-refractivity contribution in [3.05, 3.63) is 57.7 Å². The van der Waals surface area contributed by atoms with Crippen LogP contribution < -0.4 is 10.6 Å². The molecule has 2 amide bonds. The van der Waals surface area contributed by atoms with Crippen LogP contribution in [0.1, 0.15) is 5.56 Å². The molecule has 21 heavy (non-hydrogen) atoms. The van der Waals surface area contributed by atoms with Gasteiger partial charge in [0.1, 0.15) is 5.57 Å². The lowest BCUT2D eigenvalue weighted by Gasteiger charge is -2.15. The fourth-order valence-corrected chi connectivity index (χ4v) is 1.85. The van der Waals surface area contributed by atoms with Gasteiger partial charge in [0.15, 0.2) is 5.11 Å². The van der Waals surface area contributed by atoms with Gasteiger partial charge in [0, 0.05) is 6.07 Å². The first-order chi connectivity index (χ1) is 9.99. The molecule has 0 atom stereocenters. The third-order valence-electron chi connectivity index (χ3n) is 2.62. The van der Waals surface area contributed by atoms with Crippen molar-refractivity contribution < 1.29 is 14.5 Å². The second-order valence-corrected chi connectivity index (χ2v) is 4.40. The number of para-hydroxylation sites is 1. The van der Waals surface area contributed by atoms with E-state index in [-0.39, 0.29) is 16.4 Å². The Kier molecular flexibility index (Phi) is 4.19. The second kappa shape index (κ2) is 6.06. The normalized spacial score (nSPS) is 14.9. The topological polar surface area (TPSA) is 101 Å². The number of carbonyl (C=O) groups excluding carboxylic acids is 2. The van der Waals surface area contributed by atoms with Crippen LogP contribution in [0.3, 0.4) is 0 Å². The highest BCUT2D eigenvalue weighted by atomic mass is 32.1. The van der Waals surface area contributed by atoms with Crippen LogP contribution in [0.2, 0.25) is 0 Å². The van der Waals surface area contributed by atoms with E-state index in [2.05, 4.69) is 22.9 Å². The molecule has 2 N–H and O–H groups in total. The highest BCUT2D eigenvalue weighted by Gasteiger charge is 2.24. The monoisotopic (exact) mass is 303 g/mol. The number of hydrogen-bond donors (Lipinski definition) is 2. The van der Waals surface area contributed by atoms with Crippen molar-refractivity contribution in [1.82, 2.24) is 10.6 Å². The van der Waals surface area contributed by atoms with E-state index in [1.54, 1.807) is 18.2 Å². The summed E-state index contributed by atoms with van der Waals surface area (Å²) in [5, 5.41) is 15.4. The summed E-state index contributed by atoms with van der Waals surface area (Å²) in [6.45, 7) is 0. The van der Waals surface area contributed by atoms with Gasteiger partial charge in [0.25, 0.3) is 17.5 Å². The predicted octanol–water partition coefficient (Wildman–Crippen LogP) is 1.07. The van der Waals surface area contributed by atoms with Crippen LogP contribution in [0.5, 0.6) is 0 Å². The molecule has 7 nitrogen and oxygen atoms in total. The molecule has 2 rings (SSSR count). The molecule has 0 spiro atoms. The van der Waals surface area contributed by atoms with Gasteiger partial charge >= 0.3 is 0 Å². The van der Waals surface area contributed by atoms with E-state index >= 15 is 0 Å². The van der Waals surface area contributed by atoms with Crippen LogP contribution in [-0.2, 0) is 9.59 Å². The van der Waals surface area contributed by atoms with Crippen LogP contribution in [-0.4, -0.2) is 21.9 Å². The van der Waals surface area contributed by atoms with Crippen molar-refractivity contribution in [2.24, 2.45) is 0 Å². The summed E-state index contributed by atoms with van der Waals surface area (Å²) >= 11 is 4.66. The van der Waals surface area contributed by atoms with Gasteiger partial charge in [-0.25, -0.2) is 0 Å². The standard InChI is InChI=1S/C13H9N3O4S/c17-11-9(12(18)15-13(21)14-11)6-3-5-8-4-1-2-7-10(8)16(19)20/h1-7H,(H2,14,15,17,18,21)/b5-3+. The summed E-state index contributed by atoms with van der Waals surface area (Å²) in [7, 11) is 0. The molecule has 8 heteroatoms. The SMILES string of the molecule is O=C1NC(=S)NC(=O)C1=C/C=C/c1ccccc1[N+](=O)[O-]. The molecule has 0 saturated carbocycles. The maximum Gasteiger partial charge on any atom is 0.276 e. The van der Waals surface area contributed by atoms with E-state index in [1.807, 2.05) is 0 Å². The minimum absolute atomic E-state index is 0.0511. The van der Waals surface area contributed by atoms with Crippen molar-refractivity contribution >= 4 is 40.9 Å². The highest BCUT2D eigenvalue weighted by Crippen LogP contribution is 2.19. The summed E-state index contributed by atoms with van der Waals surface area (Å²) in [6, 6.07) is 6.13. The Morgan fingerprint density at radius 1 is 1.14 bits per heavy atom. The number of nitro groups is 1. The molecule has 0 aliphatic carbocycles. The minimum Gasteiger partial charge on any atom is -0.299 e. The van der Waals surface area contributed by atoms with Crippen LogP contribution >= 0.6 is 12.2 Å². The number of hydrogen-bond acceptors (Lipinski definition) is 5.